The summed E-state index contributed by atoms with van der Waals surface area (Å²) in [5.74, 6) is -3.05. The molecule has 0 bridgehead atoms. The van der Waals surface area contributed by atoms with E-state index >= 15 is 0 Å². The number of rotatable bonds is 10. The Kier molecular flexibility index (Phi) is 8.50. The Hall–Kier alpha value is -2.10. The number of cyclic esters (lactones) is 2. The van der Waals surface area contributed by atoms with Crippen molar-refractivity contribution in [2.75, 3.05) is 18.4 Å². The summed E-state index contributed by atoms with van der Waals surface area (Å²) in [5, 5.41) is 2.95. The maximum atomic E-state index is 13.2. The van der Waals surface area contributed by atoms with Gasteiger partial charge in [-0.2, -0.15) is 4.31 Å². The highest BCUT2D eigenvalue weighted by atomic mass is 35.5. The standard InChI is InChI=1S/C21H29ClN2O6S/c1-5-7-11-24(12-8-6-2)31(27,28)15-9-10-17(22)18(13-15)23-14-16-19(25)29-21(3,4)30-20(16)26/h9-10,13-14,23H,5-8,11-12H2,1-4H3. The summed E-state index contributed by atoms with van der Waals surface area (Å²) < 4.78 is 37.9. The maximum absolute atomic E-state index is 13.2. The lowest BCUT2D eigenvalue weighted by molar-refractivity contribution is -0.222. The molecule has 0 saturated carbocycles. The monoisotopic (exact) mass is 472 g/mol. The van der Waals surface area contributed by atoms with Crippen LogP contribution in [0, 0.1) is 0 Å². The van der Waals surface area contributed by atoms with E-state index in [1.165, 1.54) is 36.4 Å². The van der Waals surface area contributed by atoms with Crippen molar-refractivity contribution >= 4 is 39.3 Å². The van der Waals surface area contributed by atoms with Crippen LogP contribution in [0.2, 0.25) is 5.02 Å². The van der Waals surface area contributed by atoms with Gasteiger partial charge in [-0.3, -0.25) is 0 Å². The Morgan fingerprint density at radius 1 is 1.06 bits per heavy atom. The number of ether oxygens (including phenoxy) is 2. The molecule has 0 aliphatic carbocycles. The molecule has 1 aromatic carbocycles. The molecule has 1 aromatic rings. The van der Waals surface area contributed by atoms with E-state index in [2.05, 4.69) is 5.32 Å². The van der Waals surface area contributed by atoms with E-state index in [1.807, 2.05) is 13.8 Å². The molecule has 10 heteroatoms. The van der Waals surface area contributed by atoms with Crippen LogP contribution in [-0.4, -0.2) is 43.5 Å². The number of hydrogen-bond donors (Lipinski definition) is 1. The normalized spacial score (nSPS) is 16.1. The molecule has 0 spiro atoms. The van der Waals surface area contributed by atoms with Crippen LogP contribution in [0.5, 0.6) is 0 Å². The van der Waals surface area contributed by atoms with Gasteiger partial charge in [-0.15, -0.1) is 0 Å². The number of esters is 2. The van der Waals surface area contributed by atoms with Gasteiger partial charge in [0, 0.05) is 33.1 Å². The number of nitrogens with zero attached hydrogens (tertiary/aromatic N) is 1. The molecule has 0 radical (unpaired) electrons. The smallest absolute Gasteiger partial charge is 0.350 e. The Morgan fingerprint density at radius 3 is 2.13 bits per heavy atom. The zero-order chi connectivity index (χ0) is 23.2. The van der Waals surface area contributed by atoms with E-state index < -0.39 is 27.7 Å². The molecule has 1 heterocycles. The summed E-state index contributed by atoms with van der Waals surface area (Å²) in [5.41, 5.74) is -0.122. The number of anilines is 1. The summed E-state index contributed by atoms with van der Waals surface area (Å²) in [6.45, 7) is 7.77. The lowest BCUT2D eigenvalue weighted by Crippen LogP contribution is -2.42. The van der Waals surface area contributed by atoms with Gasteiger partial charge in [-0.05, 0) is 31.0 Å². The minimum absolute atomic E-state index is 0.0694. The number of nitrogens with one attached hydrogen (secondary N) is 1. The maximum Gasteiger partial charge on any atom is 0.350 e. The molecule has 1 fully saturated rings. The molecule has 2 rings (SSSR count). The van der Waals surface area contributed by atoms with E-state index in [-0.39, 0.29) is 21.2 Å². The van der Waals surface area contributed by atoms with Gasteiger partial charge in [0.05, 0.1) is 15.6 Å². The Bertz CT molecular complexity index is 929. The van der Waals surface area contributed by atoms with Crippen LogP contribution >= 0.6 is 11.6 Å². The molecule has 1 aliphatic rings. The van der Waals surface area contributed by atoms with Crippen molar-refractivity contribution in [2.45, 2.75) is 64.1 Å². The van der Waals surface area contributed by atoms with Gasteiger partial charge in [-0.25, -0.2) is 18.0 Å². The quantitative estimate of drug-likeness (QED) is 0.311. The Morgan fingerprint density at radius 2 is 1.61 bits per heavy atom. The third kappa shape index (κ3) is 6.44. The fourth-order valence-electron chi connectivity index (χ4n) is 2.87. The molecule has 1 aliphatic heterocycles. The van der Waals surface area contributed by atoms with Crippen LogP contribution in [0.15, 0.2) is 34.9 Å². The minimum atomic E-state index is -3.73. The van der Waals surface area contributed by atoms with Gasteiger partial charge in [0.25, 0.3) is 5.79 Å². The lowest BCUT2D eigenvalue weighted by Gasteiger charge is -2.29. The van der Waals surface area contributed by atoms with Gasteiger partial charge >= 0.3 is 11.9 Å². The first-order valence-corrected chi connectivity index (χ1v) is 12.1. The number of benzene rings is 1. The fourth-order valence-corrected chi connectivity index (χ4v) is 4.59. The molecule has 0 atom stereocenters. The second-order valence-corrected chi connectivity index (χ2v) is 9.98. The highest BCUT2D eigenvalue weighted by Crippen LogP contribution is 2.28. The van der Waals surface area contributed by atoms with Gasteiger partial charge < -0.3 is 14.8 Å². The highest BCUT2D eigenvalue weighted by Gasteiger charge is 2.39. The van der Waals surface area contributed by atoms with Crippen molar-refractivity contribution in [3.8, 4) is 0 Å². The predicted molar refractivity (Wildman–Crippen MR) is 118 cm³/mol. The molecule has 31 heavy (non-hydrogen) atoms. The van der Waals surface area contributed by atoms with Crippen LogP contribution in [0.25, 0.3) is 0 Å². The highest BCUT2D eigenvalue weighted by molar-refractivity contribution is 7.89. The number of unbranched alkanes of at least 4 members (excludes halogenated alkanes) is 2. The molecule has 1 saturated heterocycles. The van der Waals surface area contributed by atoms with Gasteiger partial charge in [-0.1, -0.05) is 38.3 Å². The molecule has 1 N–H and O–H groups in total. The summed E-state index contributed by atoms with van der Waals surface area (Å²) in [6, 6.07) is 4.27. The summed E-state index contributed by atoms with van der Waals surface area (Å²) in [4.78, 5) is 24.2. The largest absolute Gasteiger partial charge is 0.419 e. The summed E-state index contributed by atoms with van der Waals surface area (Å²) >= 11 is 6.20. The number of carbonyl (C=O) groups is 2. The second-order valence-electron chi connectivity index (χ2n) is 7.63. The number of carbonyl (C=O) groups excluding carboxylic acids is 2. The topological polar surface area (TPSA) is 102 Å². The van der Waals surface area contributed by atoms with Crippen LogP contribution in [0.1, 0.15) is 53.4 Å². The molecule has 0 unspecified atom stereocenters. The van der Waals surface area contributed by atoms with Crippen molar-refractivity contribution in [1.29, 1.82) is 0 Å². The van der Waals surface area contributed by atoms with Crippen molar-refractivity contribution in [1.82, 2.24) is 4.31 Å². The van der Waals surface area contributed by atoms with E-state index in [1.54, 1.807) is 0 Å². The molecular formula is C21H29ClN2O6S. The second kappa shape index (κ2) is 10.5. The van der Waals surface area contributed by atoms with E-state index in [9.17, 15) is 18.0 Å². The average Bonchev–Trinajstić information content (AvgIpc) is 2.67. The first-order valence-electron chi connectivity index (χ1n) is 10.2. The van der Waals surface area contributed by atoms with Crippen molar-refractivity contribution in [3.63, 3.8) is 0 Å². The average molecular weight is 473 g/mol. The molecular weight excluding hydrogens is 444 g/mol. The van der Waals surface area contributed by atoms with Crippen LogP contribution in [0.4, 0.5) is 5.69 Å². The van der Waals surface area contributed by atoms with Crippen LogP contribution in [0.3, 0.4) is 0 Å². The summed E-state index contributed by atoms with van der Waals surface area (Å²) in [7, 11) is -3.73. The molecule has 8 nitrogen and oxygen atoms in total. The van der Waals surface area contributed by atoms with E-state index in [0.29, 0.717) is 13.1 Å². The SMILES string of the molecule is CCCCN(CCCC)S(=O)(=O)c1ccc(Cl)c(NC=C2C(=O)OC(C)(C)OC2=O)c1. The predicted octanol–water partition coefficient (Wildman–Crippen LogP) is 4.06. The van der Waals surface area contributed by atoms with Crippen molar-refractivity contribution in [3.05, 3.63) is 35.0 Å². The minimum Gasteiger partial charge on any atom is -0.419 e. The number of hydrogen-bond acceptors (Lipinski definition) is 7. The Labute approximate surface area is 188 Å². The number of sulfonamides is 1. The van der Waals surface area contributed by atoms with Gasteiger partial charge in [0.2, 0.25) is 10.0 Å². The zero-order valence-electron chi connectivity index (χ0n) is 18.2. The zero-order valence-corrected chi connectivity index (χ0v) is 19.8. The van der Waals surface area contributed by atoms with Gasteiger partial charge in [0.1, 0.15) is 0 Å². The lowest BCUT2D eigenvalue weighted by atomic mass is 10.2. The summed E-state index contributed by atoms with van der Waals surface area (Å²) in [6.07, 6.45) is 4.37. The van der Waals surface area contributed by atoms with Gasteiger partial charge in [0.15, 0.2) is 5.57 Å². The number of halogens is 1. The van der Waals surface area contributed by atoms with Crippen molar-refractivity contribution in [2.24, 2.45) is 0 Å². The first-order chi connectivity index (χ1) is 14.5. The fraction of sp³-hybridized carbons (Fsp3) is 0.524. The molecule has 0 amide bonds. The van der Waals surface area contributed by atoms with Crippen LogP contribution in [-0.2, 0) is 29.1 Å². The first kappa shape index (κ1) is 25.2. The third-order valence-corrected chi connectivity index (χ3v) is 6.81. The van der Waals surface area contributed by atoms with Crippen molar-refractivity contribution < 1.29 is 27.5 Å². The van der Waals surface area contributed by atoms with E-state index in [4.69, 9.17) is 21.1 Å². The molecule has 0 aromatic heterocycles. The molecule has 172 valence electrons. The van der Waals surface area contributed by atoms with Crippen LogP contribution < -0.4 is 5.32 Å². The third-order valence-electron chi connectivity index (χ3n) is 4.59. The Balaban J connectivity index is 2.30. The van der Waals surface area contributed by atoms with E-state index in [0.717, 1.165) is 31.9 Å².